The molecule has 0 bridgehead atoms. The minimum Gasteiger partial charge on any atom is -0.379 e. The maximum absolute atomic E-state index is 5.59. The van der Waals surface area contributed by atoms with E-state index in [1.165, 1.54) is 11.3 Å². The second kappa shape index (κ2) is 16.9. The Balaban J connectivity index is 0.000000412. The lowest BCUT2D eigenvalue weighted by molar-refractivity contribution is -0.128. The Kier molecular flexibility index (Phi) is 16.3. The van der Waals surface area contributed by atoms with E-state index >= 15 is 0 Å². The van der Waals surface area contributed by atoms with Crippen molar-refractivity contribution in [2.75, 3.05) is 47.0 Å². The summed E-state index contributed by atoms with van der Waals surface area (Å²) in [5.41, 5.74) is 2.67. The predicted molar refractivity (Wildman–Crippen MR) is 120 cm³/mol. The first-order valence-corrected chi connectivity index (χ1v) is 11.2. The monoisotopic (exact) mass is 395 g/mol. The second-order valence-electron chi connectivity index (χ2n) is 6.42. The molecule has 28 heavy (non-hydrogen) atoms. The van der Waals surface area contributed by atoms with Crippen molar-refractivity contribution in [3.05, 3.63) is 29.6 Å². The number of ether oxygens (including phenoxy) is 2. The van der Waals surface area contributed by atoms with Crippen molar-refractivity contribution in [3.8, 4) is 0 Å². The van der Waals surface area contributed by atoms with E-state index in [4.69, 9.17) is 9.47 Å². The standard InChI is InChI=1S/C9H12N2.C8H15NO2.3C2H6/c1-11-6-4-9-8(7-11)3-2-5-10-9;1-9-3-5-11-8-6-10-4-2-7(8)9;3*1-2/h2-3,5H,4,6-7H2,1H3;7-8H,2-6H2,1H3;3*1-2H3. The van der Waals surface area contributed by atoms with Gasteiger partial charge in [-0.05, 0) is 32.1 Å². The second-order valence-corrected chi connectivity index (χ2v) is 6.42. The zero-order chi connectivity index (χ0) is 21.4. The van der Waals surface area contributed by atoms with Crippen LogP contribution in [0.1, 0.15) is 59.2 Å². The minimum atomic E-state index is 0.336. The summed E-state index contributed by atoms with van der Waals surface area (Å²) in [6.45, 7) is 17.8. The van der Waals surface area contributed by atoms with Gasteiger partial charge < -0.3 is 14.4 Å². The molecule has 1 aromatic rings. The molecule has 4 heterocycles. The SMILES string of the molecule is CC.CC.CC.CN1CCOC2COCCC21.CN1CCc2ncccc2C1. The first-order chi connectivity index (χ1) is 13.7. The molecule has 0 spiro atoms. The summed E-state index contributed by atoms with van der Waals surface area (Å²) in [4.78, 5) is 9.04. The lowest BCUT2D eigenvalue weighted by Gasteiger charge is -2.41. The molecule has 5 heteroatoms. The molecule has 0 amide bonds. The summed E-state index contributed by atoms with van der Waals surface area (Å²) in [5.74, 6) is 0. The van der Waals surface area contributed by atoms with E-state index in [9.17, 15) is 0 Å². The van der Waals surface area contributed by atoms with Crippen molar-refractivity contribution in [3.63, 3.8) is 0 Å². The maximum Gasteiger partial charge on any atom is 0.0964 e. The van der Waals surface area contributed by atoms with Crippen molar-refractivity contribution < 1.29 is 9.47 Å². The Bertz CT molecular complexity index is 483. The molecule has 0 N–H and O–H groups in total. The molecule has 2 saturated heterocycles. The van der Waals surface area contributed by atoms with Gasteiger partial charge in [0.2, 0.25) is 0 Å². The first-order valence-electron chi connectivity index (χ1n) is 11.2. The topological polar surface area (TPSA) is 37.8 Å². The molecule has 0 radical (unpaired) electrons. The van der Waals surface area contributed by atoms with Crippen LogP contribution < -0.4 is 0 Å². The molecular formula is C23H45N3O2. The molecular weight excluding hydrogens is 350 g/mol. The quantitative estimate of drug-likeness (QED) is 0.656. The summed E-state index contributed by atoms with van der Waals surface area (Å²) in [7, 11) is 4.32. The fourth-order valence-electron chi connectivity index (χ4n) is 3.38. The number of rotatable bonds is 0. The van der Waals surface area contributed by atoms with E-state index in [-0.39, 0.29) is 0 Å². The van der Waals surface area contributed by atoms with Gasteiger partial charge in [0.1, 0.15) is 0 Å². The fraction of sp³-hybridized carbons (Fsp3) is 0.783. The van der Waals surface area contributed by atoms with E-state index in [1.54, 1.807) is 0 Å². The Labute approximate surface area is 174 Å². The highest BCUT2D eigenvalue weighted by atomic mass is 16.5. The van der Waals surface area contributed by atoms with Crippen LogP contribution in [0.5, 0.6) is 0 Å². The number of hydrogen-bond acceptors (Lipinski definition) is 5. The third-order valence-electron chi connectivity index (χ3n) is 4.77. The first kappa shape index (κ1) is 27.0. The van der Waals surface area contributed by atoms with Crippen molar-refractivity contribution in [1.29, 1.82) is 0 Å². The van der Waals surface area contributed by atoms with Crippen molar-refractivity contribution in [2.45, 2.75) is 73.1 Å². The number of nitrogens with zero attached hydrogens (tertiary/aromatic N) is 3. The van der Waals surface area contributed by atoms with Gasteiger partial charge in [-0.25, -0.2) is 0 Å². The van der Waals surface area contributed by atoms with Crippen LogP contribution in [-0.2, 0) is 22.4 Å². The van der Waals surface area contributed by atoms with Gasteiger partial charge in [-0.1, -0.05) is 47.6 Å². The van der Waals surface area contributed by atoms with E-state index in [0.717, 1.165) is 52.3 Å². The summed E-state index contributed by atoms with van der Waals surface area (Å²) in [6, 6.07) is 4.79. The number of aromatic nitrogens is 1. The maximum atomic E-state index is 5.59. The third-order valence-corrected chi connectivity index (χ3v) is 4.77. The molecule has 0 saturated carbocycles. The van der Waals surface area contributed by atoms with E-state index in [0.29, 0.717) is 12.1 Å². The molecule has 0 aromatic carbocycles. The molecule has 5 nitrogen and oxygen atoms in total. The molecule has 4 rings (SSSR count). The van der Waals surface area contributed by atoms with Gasteiger partial charge in [0.05, 0.1) is 19.3 Å². The molecule has 2 atom stereocenters. The number of morpholine rings is 1. The van der Waals surface area contributed by atoms with Crippen molar-refractivity contribution >= 4 is 0 Å². The van der Waals surface area contributed by atoms with Crippen LogP contribution in [0.2, 0.25) is 0 Å². The Morgan fingerprint density at radius 2 is 1.71 bits per heavy atom. The van der Waals surface area contributed by atoms with Crippen LogP contribution in [0, 0.1) is 0 Å². The highest BCUT2D eigenvalue weighted by molar-refractivity contribution is 5.21. The van der Waals surface area contributed by atoms with Crippen LogP contribution in [0.25, 0.3) is 0 Å². The molecule has 3 aliphatic heterocycles. The Hall–Kier alpha value is -1.01. The van der Waals surface area contributed by atoms with E-state index in [1.807, 2.05) is 53.8 Å². The van der Waals surface area contributed by atoms with Gasteiger partial charge in [-0.2, -0.15) is 0 Å². The normalized spacial score (nSPS) is 23.4. The summed E-state index contributed by atoms with van der Waals surface area (Å²) < 4.78 is 10.9. The van der Waals surface area contributed by atoms with Gasteiger partial charge in [0.15, 0.2) is 0 Å². The molecule has 2 unspecified atom stereocenters. The molecule has 0 aliphatic carbocycles. The van der Waals surface area contributed by atoms with E-state index in [2.05, 4.69) is 34.9 Å². The smallest absolute Gasteiger partial charge is 0.0964 e. The molecule has 2 fully saturated rings. The van der Waals surface area contributed by atoms with Crippen molar-refractivity contribution in [2.24, 2.45) is 0 Å². The highest BCUT2D eigenvalue weighted by Crippen LogP contribution is 2.19. The zero-order valence-corrected chi connectivity index (χ0v) is 19.7. The van der Waals surface area contributed by atoms with Gasteiger partial charge in [-0.3, -0.25) is 9.88 Å². The lowest BCUT2D eigenvalue weighted by Crippen LogP contribution is -2.53. The van der Waals surface area contributed by atoms with Crippen LogP contribution >= 0.6 is 0 Å². The van der Waals surface area contributed by atoms with Crippen LogP contribution in [0.4, 0.5) is 0 Å². The van der Waals surface area contributed by atoms with E-state index < -0.39 is 0 Å². The number of fused-ring (bicyclic) bond motifs is 2. The molecule has 164 valence electrons. The Morgan fingerprint density at radius 1 is 1.00 bits per heavy atom. The highest BCUT2D eigenvalue weighted by Gasteiger charge is 2.32. The Morgan fingerprint density at radius 3 is 2.39 bits per heavy atom. The lowest BCUT2D eigenvalue weighted by atomic mass is 10.0. The van der Waals surface area contributed by atoms with Gasteiger partial charge >= 0.3 is 0 Å². The average molecular weight is 396 g/mol. The van der Waals surface area contributed by atoms with Crippen LogP contribution in [0.15, 0.2) is 18.3 Å². The van der Waals surface area contributed by atoms with Gasteiger partial charge in [0, 0.05) is 50.6 Å². The average Bonchev–Trinajstić information content (AvgIpc) is 2.79. The predicted octanol–water partition coefficient (Wildman–Crippen LogP) is 4.25. The van der Waals surface area contributed by atoms with Crippen LogP contribution in [0.3, 0.4) is 0 Å². The van der Waals surface area contributed by atoms with Gasteiger partial charge in [-0.15, -0.1) is 0 Å². The summed E-state index contributed by atoms with van der Waals surface area (Å²) >= 11 is 0. The van der Waals surface area contributed by atoms with Crippen LogP contribution in [-0.4, -0.2) is 73.9 Å². The number of likely N-dealkylation sites (N-methyl/N-ethyl adjacent to an activating group) is 2. The number of pyridine rings is 1. The minimum absolute atomic E-state index is 0.336. The summed E-state index contributed by atoms with van der Waals surface area (Å²) in [5, 5.41) is 0. The van der Waals surface area contributed by atoms with Gasteiger partial charge in [0.25, 0.3) is 0 Å². The third kappa shape index (κ3) is 8.99. The number of hydrogen-bond donors (Lipinski definition) is 0. The molecule has 1 aromatic heterocycles. The largest absolute Gasteiger partial charge is 0.379 e. The zero-order valence-electron chi connectivity index (χ0n) is 19.7. The van der Waals surface area contributed by atoms with Crippen molar-refractivity contribution in [1.82, 2.24) is 14.8 Å². The fourth-order valence-corrected chi connectivity index (χ4v) is 3.38. The molecule has 3 aliphatic rings. The summed E-state index contributed by atoms with van der Waals surface area (Å²) in [6.07, 6.45) is 4.44.